The Balaban J connectivity index is 0.000000333. The zero-order valence-electron chi connectivity index (χ0n) is 68.1. The molecule has 0 aromatic heterocycles. The summed E-state index contributed by atoms with van der Waals surface area (Å²) in [7, 11) is 11.0. The largest absolute Gasteiger partial charge is 0.508 e. The second-order valence-electron chi connectivity index (χ2n) is 29.8. The number of hydrogen-bond acceptors (Lipinski definition) is 18. The van der Waals surface area contributed by atoms with Gasteiger partial charge in [-0.1, -0.05) is 71.9 Å². The molecule has 0 spiro atoms. The first-order valence-corrected chi connectivity index (χ1v) is 41.6. The number of aliphatic hydroxyl groups excluding tert-OH is 4. The molecule has 602 valence electrons. The molecule has 5 fully saturated rings. The minimum absolute atomic E-state index is 0.0302. The Morgan fingerprint density at radius 1 is 0.393 bits per heavy atom. The van der Waals surface area contributed by atoms with Crippen molar-refractivity contribution in [3.05, 3.63) is 147 Å². The maximum Gasteiger partial charge on any atom is 0.410 e. The third-order valence-corrected chi connectivity index (χ3v) is 18.4. The van der Waals surface area contributed by atoms with Gasteiger partial charge < -0.3 is 88.6 Å². The number of rotatable bonds is 18. The van der Waals surface area contributed by atoms with Crippen molar-refractivity contribution in [1.82, 2.24) is 29.8 Å². The third kappa shape index (κ3) is 39.4. The van der Waals surface area contributed by atoms with E-state index in [1.165, 1.54) is 40.3 Å². The zero-order valence-corrected chi connectivity index (χ0v) is 70.4. The number of aldehydes is 1. The first-order valence-electron chi connectivity index (χ1n) is 39.0. The van der Waals surface area contributed by atoms with Crippen LogP contribution in [0.5, 0.6) is 28.7 Å². The van der Waals surface area contributed by atoms with E-state index in [0.29, 0.717) is 24.9 Å². The summed E-state index contributed by atoms with van der Waals surface area (Å²) < 4.78 is 34.9. The van der Waals surface area contributed by atoms with Crippen LogP contribution in [0.2, 0.25) is 0 Å². The number of aryl methyl sites for hydroxylation is 6. The summed E-state index contributed by atoms with van der Waals surface area (Å²) in [6.07, 6.45) is 15.6. The fourth-order valence-corrected chi connectivity index (χ4v) is 12.2. The van der Waals surface area contributed by atoms with E-state index >= 15 is 0 Å². The number of ether oxygens (including phenoxy) is 6. The maximum absolute atomic E-state index is 12.1. The average Bonchev–Trinajstić information content (AvgIpc) is 0.853. The number of likely N-dealkylation sites (N-methyl/N-ethyl adjacent to an activating group) is 1. The van der Waals surface area contributed by atoms with Crippen molar-refractivity contribution in [3.8, 4) is 28.7 Å². The van der Waals surface area contributed by atoms with Crippen LogP contribution in [-0.2, 0) is 79.2 Å². The van der Waals surface area contributed by atoms with Crippen LogP contribution in [0.1, 0.15) is 197 Å². The van der Waals surface area contributed by atoms with Gasteiger partial charge >= 0.3 is 12.2 Å². The third-order valence-electron chi connectivity index (χ3n) is 18.4. The number of carbonyl (C=O) groups excluding carboxylic acids is 3. The minimum atomic E-state index is -0.443. The molecule has 0 aliphatic carbocycles. The Bertz CT molecular complexity index is 3090. The van der Waals surface area contributed by atoms with Crippen molar-refractivity contribution in [3.63, 3.8) is 0 Å². The van der Waals surface area contributed by atoms with Gasteiger partial charge in [0.2, 0.25) is 0 Å². The van der Waals surface area contributed by atoms with Crippen LogP contribution in [0.25, 0.3) is 0 Å². The van der Waals surface area contributed by atoms with Gasteiger partial charge in [0, 0.05) is 78.3 Å². The van der Waals surface area contributed by atoms with Gasteiger partial charge in [0.25, 0.3) is 0 Å². The molecule has 5 aliphatic heterocycles. The second-order valence-corrected chi connectivity index (χ2v) is 29.8. The maximum atomic E-state index is 12.1. The van der Waals surface area contributed by atoms with Crippen molar-refractivity contribution >= 4 is 36.3 Å². The number of phenols is 1. The number of benzene rings is 5. The molecule has 5 aromatic rings. The average molecular weight is 1530 g/mol. The number of piperidine rings is 4. The number of nitrogens with one attached hydrogen (secondary N) is 1. The van der Waals surface area contributed by atoms with Crippen molar-refractivity contribution < 1.29 is 68.3 Å². The Kier molecular flexibility index (Phi) is 46.3. The number of aliphatic hydroxyl groups is 4. The van der Waals surface area contributed by atoms with E-state index < -0.39 is 5.60 Å². The lowest BCUT2D eigenvalue weighted by molar-refractivity contribution is -0.106. The number of amides is 2. The summed E-state index contributed by atoms with van der Waals surface area (Å²) >= 11 is 0. The number of carbonyl (C=O) groups is 3. The molecule has 2 atom stereocenters. The molecule has 5 aliphatic rings. The van der Waals surface area contributed by atoms with Crippen LogP contribution in [0.15, 0.2) is 91.0 Å². The summed E-state index contributed by atoms with van der Waals surface area (Å²) in [4.78, 5) is 43.0. The lowest BCUT2D eigenvalue weighted by atomic mass is 10.1. The van der Waals surface area contributed by atoms with Gasteiger partial charge in [0.05, 0.1) is 26.4 Å². The Morgan fingerprint density at radius 2 is 0.617 bits per heavy atom. The minimum Gasteiger partial charge on any atom is -0.508 e. The molecule has 0 radical (unpaired) electrons. The SMILES string of the molecule is CC=O.CCc1cc(CC)cc(OC2CCN(C(=O)OC(C)(C)C)CC2)c1.CCc1cc(CC)cc(OC2CCN(C)CC2)c1.CCc1cc(O)cc(CC)c1.CN1CCC(Oc2cc(CO)cc(CO)c2)CC1.CN1CCN(C(=O)OC(C)(C)C)CC1.OCc1cc(CO)cc(OC2CCNCC2)c1.PP. The molecule has 5 heterocycles. The monoisotopic (exact) mass is 1530 g/mol. The molecule has 107 heavy (non-hydrogen) atoms. The van der Waals surface area contributed by atoms with Crippen LogP contribution in [-0.4, -0.2) is 204 Å². The van der Waals surface area contributed by atoms with Gasteiger partial charge in [0.15, 0.2) is 0 Å². The predicted octanol–water partition coefficient (Wildman–Crippen LogP) is 14.4. The van der Waals surface area contributed by atoms with Crippen LogP contribution in [0, 0.1) is 0 Å². The molecular weight excluding hydrogens is 1390 g/mol. The molecule has 2 unspecified atom stereocenters. The number of phenolic OH excluding ortho intramolecular Hbond substituents is 1. The van der Waals surface area contributed by atoms with Crippen molar-refractivity contribution in [2.24, 2.45) is 0 Å². The summed E-state index contributed by atoms with van der Waals surface area (Å²) in [6, 6.07) is 29.9. The number of hydrogen-bond donors (Lipinski definition) is 6. The van der Waals surface area contributed by atoms with Gasteiger partial charge in [-0.15, -0.1) is 17.9 Å². The topological polar surface area (TPSA) is 236 Å². The molecule has 22 heteroatoms. The van der Waals surface area contributed by atoms with E-state index in [2.05, 4.69) is 143 Å². The van der Waals surface area contributed by atoms with Crippen LogP contribution in [0.3, 0.4) is 0 Å². The molecule has 5 saturated heterocycles. The predicted molar refractivity (Wildman–Crippen MR) is 441 cm³/mol. The van der Waals surface area contributed by atoms with Gasteiger partial charge in [0.1, 0.15) is 70.7 Å². The van der Waals surface area contributed by atoms with Crippen LogP contribution >= 0.6 is 17.9 Å². The van der Waals surface area contributed by atoms with Gasteiger partial charge in [-0.3, -0.25) is 0 Å². The van der Waals surface area contributed by atoms with E-state index in [9.17, 15) is 24.9 Å². The molecule has 0 bridgehead atoms. The number of piperazine rings is 1. The summed E-state index contributed by atoms with van der Waals surface area (Å²) in [5.41, 5.74) is 10.1. The summed E-state index contributed by atoms with van der Waals surface area (Å²) in [6.45, 7) is 36.7. The van der Waals surface area contributed by atoms with Crippen molar-refractivity contribution in [2.75, 3.05) is 99.7 Å². The van der Waals surface area contributed by atoms with Gasteiger partial charge in [-0.2, -0.15) is 0 Å². The van der Waals surface area contributed by atoms with Crippen LogP contribution in [0.4, 0.5) is 9.59 Å². The molecule has 2 amide bonds. The quantitative estimate of drug-likeness (QED) is 0.0353. The van der Waals surface area contributed by atoms with Gasteiger partial charge in [-0.25, -0.2) is 9.59 Å². The Labute approximate surface area is 648 Å². The first kappa shape index (κ1) is 95.1. The molecule has 20 nitrogen and oxygen atoms in total. The highest BCUT2D eigenvalue weighted by atomic mass is 32.0. The number of aromatic hydroxyl groups is 1. The zero-order chi connectivity index (χ0) is 79.5. The summed E-state index contributed by atoms with van der Waals surface area (Å²) in [5.74, 6) is 3.91. The highest BCUT2D eigenvalue weighted by Gasteiger charge is 2.29. The van der Waals surface area contributed by atoms with E-state index in [-0.39, 0.29) is 62.5 Å². The smallest absolute Gasteiger partial charge is 0.410 e. The molecule has 5 aromatic carbocycles. The molecule has 0 saturated carbocycles. The van der Waals surface area contributed by atoms with Gasteiger partial charge in [-0.05, 0) is 276 Å². The van der Waals surface area contributed by atoms with Crippen molar-refractivity contribution in [2.45, 2.75) is 242 Å². The first-order chi connectivity index (χ1) is 51.1. The Morgan fingerprint density at radius 3 is 0.879 bits per heavy atom. The fourth-order valence-electron chi connectivity index (χ4n) is 12.2. The van der Waals surface area contributed by atoms with Crippen molar-refractivity contribution in [1.29, 1.82) is 0 Å². The lowest BCUT2D eigenvalue weighted by Crippen LogP contribution is -2.48. The van der Waals surface area contributed by atoms with E-state index in [1.54, 1.807) is 21.9 Å². The number of nitrogens with zero attached hydrogens (tertiary/aromatic N) is 5. The highest BCUT2D eigenvalue weighted by molar-refractivity contribution is 7.92. The molecule has 10 rings (SSSR count). The molecule has 6 N–H and O–H groups in total. The standard InChI is InChI=1S/C20H31NO3.C16H25NO.C14H21NO3.C13H19NO3.C10H20N2O2.C10H14O.C2H4O.H4P2/c1-6-15-12-16(7-2)14-18(13-15)23-17-8-10-21(11-9-17)19(22)24-20(3,4)5;1-4-13-10-14(5-2)12-16(11-13)18-15-6-8-17(3)9-7-15;1-15-4-2-13(3-5-15)18-14-7-11(9-16)6-12(8-14)10-17;15-8-10-5-11(9-16)7-13(6-10)17-12-1-3-14-4-2-12;1-10(2,3)14-9(13)12-7-5-11(4)6-8-12;1-3-8-5-9(4-2)7-10(11)6-8;1-2-3;1-2/h12-14,17H,6-11H2,1-5H3;10-12,15H,4-9H2,1-3H3;6-8,13,16-17H,2-5,9-10H2,1H3;5-7,12,14-16H,1-4,8-9H2;5-8H2,1-4H3;5-7,11H,3-4H2,1-2H3;2H,1H3;1-2H2. The number of likely N-dealkylation sites (tertiary alicyclic amines) is 3. The Hall–Kier alpha value is -6.15. The molecular formula is C85H138N6O14P2. The van der Waals surface area contributed by atoms with E-state index in [4.69, 9.17) is 43.4 Å². The second kappa shape index (κ2) is 52.1. The highest BCUT2D eigenvalue weighted by Crippen LogP contribution is 2.28. The normalized spacial score (nSPS) is 16.1. The fraction of sp³-hybridized carbons (Fsp3) is 0.612. The lowest BCUT2D eigenvalue weighted by Gasteiger charge is -2.33. The van der Waals surface area contributed by atoms with Crippen LogP contribution < -0.4 is 24.3 Å². The van der Waals surface area contributed by atoms with E-state index in [0.717, 1.165) is 207 Å². The summed E-state index contributed by atoms with van der Waals surface area (Å²) in [5, 5.41) is 49.2. The van der Waals surface area contributed by atoms with E-state index in [1.807, 2.05) is 77.9 Å².